The minimum atomic E-state index is 0.0331. The molecule has 5 heteroatoms. The number of nitrogens with zero attached hydrogens (tertiary/aromatic N) is 2. The highest BCUT2D eigenvalue weighted by atomic mass is 16.5. The Morgan fingerprint density at radius 2 is 2.35 bits per heavy atom. The number of hydrogen-bond acceptors (Lipinski definition) is 4. The van der Waals surface area contributed by atoms with Gasteiger partial charge in [-0.2, -0.15) is 0 Å². The number of imidazole rings is 1. The van der Waals surface area contributed by atoms with Crippen molar-refractivity contribution in [3.63, 3.8) is 0 Å². The van der Waals surface area contributed by atoms with Crippen LogP contribution in [0.25, 0.3) is 6.08 Å². The summed E-state index contributed by atoms with van der Waals surface area (Å²) < 4.78 is 6.87. The fraction of sp³-hybridized carbons (Fsp3) is 0.200. The van der Waals surface area contributed by atoms with Gasteiger partial charge < -0.3 is 14.4 Å². The maximum Gasteiger partial charge on any atom is 0.161 e. The number of aromatic nitrogens is 2. The molecule has 1 aromatic heterocycles. The van der Waals surface area contributed by atoms with Gasteiger partial charge in [-0.1, -0.05) is 12.1 Å². The first-order chi connectivity index (χ1) is 9.69. The van der Waals surface area contributed by atoms with E-state index < -0.39 is 0 Å². The normalized spacial score (nSPS) is 10.8. The topological polar surface area (TPSA) is 64.4 Å². The van der Waals surface area contributed by atoms with Crippen molar-refractivity contribution < 1.29 is 14.6 Å². The first-order valence-corrected chi connectivity index (χ1v) is 6.22. The summed E-state index contributed by atoms with van der Waals surface area (Å²) in [4.78, 5) is 15.6. The molecule has 0 radical (unpaired) electrons. The molecule has 20 heavy (non-hydrogen) atoms. The Balaban J connectivity index is 1.93. The van der Waals surface area contributed by atoms with Gasteiger partial charge in [0.05, 0.1) is 13.4 Å². The summed E-state index contributed by atoms with van der Waals surface area (Å²) in [7, 11) is 1.48. The number of carbonyl (C=O) groups excluding carboxylic acids is 1. The Bertz CT molecular complexity index is 604. The number of aromatic hydroxyl groups is 1. The molecular weight excluding hydrogens is 256 g/mol. The van der Waals surface area contributed by atoms with Gasteiger partial charge in [0.1, 0.15) is 0 Å². The fourth-order valence-corrected chi connectivity index (χ4v) is 1.73. The molecule has 0 aliphatic carbocycles. The zero-order valence-corrected chi connectivity index (χ0v) is 11.2. The zero-order chi connectivity index (χ0) is 14.4. The Morgan fingerprint density at radius 3 is 3.05 bits per heavy atom. The summed E-state index contributed by atoms with van der Waals surface area (Å²) in [6, 6.07) is 4.93. The molecular formula is C15H16N2O3. The third-order valence-electron chi connectivity index (χ3n) is 2.84. The lowest BCUT2D eigenvalue weighted by molar-refractivity contribution is -0.114. The van der Waals surface area contributed by atoms with E-state index in [4.69, 9.17) is 4.74 Å². The smallest absolute Gasteiger partial charge is 0.161 e. The Kier molecular flexibility index (Phi) is 4.55. The van der Waals surface area contributed by atoms with E-state index in [1.165, 1.54) is 19.3 Å². The van der Waals surface area contributed by atoms with Crippen LogP contribution >= 0.6 is 0 Å². The molecule has 0 fully saturated rings. The number of aryl methyl sites for hydroxylation is 1. The van der Waals surface area contributed by atoms with Gasteiger partial charge in [0.2, 0.25) is 0 Å². The third-order valence-corrected chi connectivity index (χ3v) is 2.84. The van der Waals surface area contributed by atoms with Crippen molar-refractivity contribution in [2.75, 3.05) is 7.11 Å². The minimum Gasteiger partial charge on any atom is -0.504 e. The van der Waals surface area contributed by atoms with E-state index in [2.05, 4.69) is 4.98 Å². The number of hydrogen-bond donors (Lipinski definition) is 1. The molecule has 0 bridgehead atoms. The van der Waals surface area contributed by atoms with Crippen LogP contribution in [0.3, 0.4) is 0 Å². The molecule has 1 aromatic carbocycles. The lowest BCUT2D eigenvalue weighted by Gasteiger charge is -2.03. The maximum atomic E-state index is 11.7. The average molecular weight is 272 g/mol. The Labute approximate surface area is 117 Å². The van der Waals surface area contributed by atoms with Gasteiger partial charge in [0.15, 0.2) is 17.3 Å². The van der Waals surface area contributed by atoms with E-state index in [0.717, 1.165) is 5.56 Å². The summed E-state index contributed by atoms with van der Waals surface area (Å²) in [5, 5.41) is 9.48. The number of ether oxygens (including phenoxy) is 1. The number of phenols is 1. The number of phenolic OH excluding ortho intramolecular Hbond substituents is 1. The number of rotatable bonds is 6. The molecule has 0 atom stereocenters. The van der Waals surface area contributed by atoms with Crippen LogP contribution in [0.15, 0.2) is 43.0 Å². The fourth-order valence-electron chi connectivity index (χ4n) is 1.73. The summed E-state index contributed by atoms with van der Waals surface area (Å²) in [5.41, 5.74) is 0.802. The highest BCUT2D eigenvalue weighted by molar-refractivity contribution is 5.93. The van der Waals surface area contributed by atoms with Crippen LogP contribution in [0.5, 0.6) is 11.5 Å². The van der Waals surface area contributed by atoms with Crippen molar-refractivity contribution in [3.8, 4) is 11.5 Å². The lowest BCUT2D eigenvalue weighted by Crippen LogP contribution is -2.01. The van der Waals surface area contributed by atoms with E-state index in [0.29, 0.717) is 18.7 Å². The molecule has 104 valence electrons. The van der Waals surface area contributed by atoms with Crippen molar-refractivity contribution >= 4 is 11.9 Å². The molecule has 2 aromatic rings. The van der Waals surface area contributed by atoms with Gasteiger partial charge in [-0.25, -0.2) is 4.98 Å². The van der Waals surface area contributed by atoms with Crippen molar-refractivity contribution in [2.24, 2.45) is 0 Å². The summed E-state index contributed by atoms with van der Waals surface area (Å²) >= 11 is 0. The number of allylic oxidation sites excluding steroid dienone is 1. The molecule has 0 amide bonds. The van der Waals surface area contributed by atoms with Crippen molar-refractivity contribution in [1.82, 2.24) is 9.55 Å². The van der Waals surface area contributed by atoms with Crippen LogP contribution < -0.4 is 4.74 Å². The molecule has 1 heterocycles. The predicted molar refractivity (Wildman–Crippen MR) is 75.5 cm³/mol. The Morgan fingerprint density at radius 1 is 1.50 bits per heavy atom. The van der Waals surface area contributed by atoms with Gasteiger partial charge >= 0.3 is 0 Å². The van der Waals surface area contributed by atoms with E-state index in [9.17, 15) is 9.90 Å². The average Bonchev–Trinajstić information content (AvgIpc) is 2.97. The van der Waals surface area contributed by atoms with E-state index in [-0.39, 0.29) is 11.5 Å². The van der Waals surface area contributed by atoms with Crippen molar-refractivity contribution in [1.29, 1.82) is 0 Å². The Hall–Kier alpha value is -2.56. The van der Waals surface area contributed by atoms with E-state index in [1.54, 1.807) is 30.7 Å². The van der Waals surface area contributed by atoms with Crippen molar-refractivity contribution in [2.45, 2.75) is 13.0 Å². The molecule has 0 aliphatic heterocycles. The van der Waals surface area contributed by atoms with Gasteiger partial charge in [-0.3, -0.25) is 4.79 Å². The minimum absolute atomic E-state index is 0.0331. The number of ketones is 1. The maximum absolute atomic E-state index is 11.7. The molecule has 0 saturated heterocycles. The summed E-state index contributed by atoms with van der Waals surface area (Å²) in [6.45, 7) is 0.613. The number of benzene rings is 1. The van der Waals surface area contributed by atoms with Crippen LogP contribution in [-0.4, -0.2) is 27.6 Å². The molecule has 0 spiro atoms. The van der Waals surface area contributed by atoms with E-state index in [1.807, 2.05) is 10.8 Å². The molecule has 0 aliphatic rings. The standard InChI is InChI=1S/C15H16N2O3/c1-20-15-10-12(3-5-14(15)19)2-4-13(18)6-8-17-9-7-16-11-17/h2-5,7,9-11,19H,6,8H2,1H3/b4-2+. The number of methoxy groups -OCH3 is 1. The third kappa shape index (κ3) is 3.71. The van der Waals surface area contributed by atoms with Gasteiger partial charge in [0, 0.05) is 25.4 Å². The molecule has 2 rings (SSSR count). The predicted octanol–water partition coefficient (Wildman–Crippen LogP) is 2.27. The molecule has 5 nitrogen and oxygen atoms in total. The largest absolute Gasteiger partial charge is 0.504 e. The van der Waals surface area contributed by atoms with Crippen LogP contribution in [0.1, 0.15) is 12.0 Å². The summed E-state index contributed by atoms with van der Waals surface area (Å²) in [5.74, 6) is 0.500. The molecule has 0 saturated carbocycles. The molecule has 0 unspecified atom stereocenters. The second-order valence-electron chi connectivity index (χ2n) is 4.28. The second kappa shape index (κ2) is 6.56. The highest BCUT2D eigenvalue weighted by Crippen LogP contribution is 2.26. The second-order valence-corrected chi connectivity index (χ2v) is 4.28. The van der Waals surface area contributed by atoms with Crippen LogP contribution in [0, 0.1) is 0 Å². The lowest BCUT2D eigenvalue weighted by atomic mass is 10.1. The zero-order valence-electron chi connectivity index (χ0n) is 11.2. The van der Waals surface area contributed by atoms with Gasteiger partial charge in [-0.05, 0) is 23.8 Å². The quantitative estimate of drug-likeness (QED) is 0.819. The highest BCUT2D eigenvalue weighted by Gasteiger charge is 2.01. The first-order valence-electron chi connectivity index (χ1n) is 6.22. The number of carbonyl (C=O) groups is 1. The van der Waals surface area contributed by atoms with Crippen LogP contribution in [-0.2, 0) is 11.3 Å². The monoisotopic (exact) mass is 272 g/mol. The molecule has 1 N–H and O–H groups in total. The SMILES string of the molecule is COc1cc(/C=C/C(=O)CCn2ccnc2)ccc1O. The van der Waals surface area contributed by atoms with Crippen LogP contribution in [0.4, 0.5) is 0 Å². The summed E-state index contributed by atoms with van der Waals surface area (Å²) in [6.07, 6.45) is 8.84. The van der Waals surface area contributed by atoms with Gasteiger partial charge in [-0.15, -0.1) is 0 Å². The van der Waals surface area contributed by atoms with Gasteiger partial charge in [0.25, 0.3) is 0 Å². The first kappa shape index (κ1) is 13.9. The van der Waals surface area contributed by atoms with Crippen LogP contribution in [0.2, 0.25) is 0 Å². The van der Waals surface area contributed by atoms with Crippen molar-refractivity contribution in [3.05, 3.63) is 48.6 Å². The van der Waals surface area contributed by atoms with E-state index >= 15 is 0 Å².